The number of halogens is 1. The molecule has 0 amide bonds. The van der Waals surface area contributed by atoms with Gasteiger partial charge >= 0.3 is 11.9 Å². The van der Waals surface area contributed by atoms with E-state index in [1.807, 2.05) is 6.92 Å². The van der Waals surface area contributed by atoms with Crippen molar-refractivity contribution in [3.8, 4) is 0 Å². The molecule has 19 heavy (non-hydrogen) atoms. The Kier molecular flexibility index (Phi) is 4.74. The van der Waals surface area contributed by atoms with Gasteiger partial charge in [0.05, 0.1) is 11.1 Å². The maximum absolute atomic E-state index is 12.1. The van der Waals surface area contributed by atoms with E-state index < -0.39 is 17.5 Å². The van der Waals surface area contributed by atoms with E-state index in [1.165, 1.54) is 6.07 Å². The zero-order valence-electron chi connectivity index (χ0n) is 11.4. The van der Waals surface area contributed by atoms with Crippen LogP contribution in [0.2, 0.25) is 0 Å². The van der Waals surface area contributed by atoms with Crippen LogP contribution in [0.25, 0.3) is 0 Å². The summed E-state index contributed by atoms with van der Waals surface area (Å²) in [5.74, 6) is -1.77. The molecule has 1 rings (SSSR count). The zero-order valence-corrected chi connectivity index (χ0v) is 13.0. The molecule has 0 spiro atoms. The quantitative estimate of drug-likeness (QED) is 0.860. The highest BCUT2D eigenvalue weighted by atomic mass is 79.9. The van der Waals surface area contributed by atoms with Gasteiger partial charge in [-0.1, -0.05) is 22.9 Å². The average Bonchev–Trinajstić information content (AvgIpc) is 2.25. The van der Waals surface area contributed by atoms with Crippen LogP contribution in [0.5, 0.6) is 0 Å². The predicted molar refractivity (Wildman–Crippen MR) is 75.6 cm³/mol. The Morgan fingerprint density at radius 1 is 1.26 bits per heavy atom. The second kappa shape index (κ2) is 5.74. The molecule has 0 saturated carbocycles. The van der Waals surface area contributed by atoms with Gasteiger partial charge < -0.3 is 9.84 Å². The van der Waals surface area contributed by atoms with Gasteiger partial charge in [0.2, 0.25) is 0 Å². The molecular weight excluding hydrogens is 312 g/mol. The van der Waals surface area contributed by atoms with Crippen LogP contribution >= 0.6 is 15.9 Å². The number of rotatable bonds is 3. The third-order valence-corrected chi connectivity index (χ3v) is 3.15. The lowest BCUT2D eigenvalue weighted by Crippen LogP contribution is -2.25. The normalized spacial score (nSPS) is 11.2. The number of hydrogen-bond donors (Lipinski definition) is 1. The monoisotopic (exact) mass is 328 g/mol. The number of carboxylic acids is 1. The number of benzene rings is 1. The zero-order chi connectivity index (χ0) is 14.8. The molecule has 0 radical (unpaired) electrons. The molecule has 0 aliphatic heterocycles. The first-order chi connectivity index (χ1) is 8.65. The third kappa shape index (κ3) is 4.06. The Morgan fingerprint density at radius 2 is 1.84 bits per heavy atom. The van der Waals surface area contributed by atoms with Crippen LogP contribution in [0.4, 0.5) is 0 Å². The summed E-state index contributed by atoms with van der Waals surface area (Å²) >= 11 is 3.30. The Morgan fingerprint density at radius 3 is 2.26 bits per heavy atom. The molecule has 1 aromatic rings. The highest BCUT2D eigenvalue weighted by Crippen LogP contribution is 2.24. The molecule has 104 valence electrons. The van der Waals surface area contributed by atoms with E-state index in [9.17, 15) is 14.7 Å². The molecule has 0 atom stereocenters. The first kappa shape index (κ1) is 15.7. The fraction of sp³-hybridized carbons (Fsp3) is 0.429. The largest absolute Gasteiger partial charge is 0.478 e. The second-order valence-corrected chi connectivity index (χ2v) is 6.00. The summed E-state index contributed by atoms with van der Waals surface area (Å²) in [5, 5.41) is 9.17. The topological polar surface area (TPSA) is 63.6 Å². The summed E-state index contributed by atoms with van der Waals surface area (Å²) in [5.41, 5.74) is 0.235. The van der Waals surface area contributed by atoms with Crippen molar-refractivity contribution in [2.24, 2.45) is 0 Å². The highest BCUT2D eigenvalue weighted by molar-refractivity contribution is 9.10. The van der Waals surface area contributed by atoms with Crippen molar-refractivity contribution in [3.05, 3.63) is 33.3 Å². The van der Waals surface area contributed by atoms with Gasteiger partial charge in [0.25, 0.3) is 0 Å². The molecular formula is C14H17BrO4. The predicted octanol–water partition coefficient (Wildman–Crippen LogP) is 3.67. The maximum Gasteiger partial charge on any atom is 0.339 e. The smallest absolute Gasteiger partial charge is 0.339 e. The molecule has 0 aromatic heterocycles. The summed E-state index contributed by atoms with van der Waals surface area (Å²) in [6.07, 6.45) is 0.691. The summed E-state index contributed by atoms with van der Waals surface area (Å²) in [6.45, 7) is 7.15. The Bertz CT molecular complexity index is 515. The number of carboxylic acid groups (broad SMARTS) is 1. The Labute approximate surface area is 120 Å². The first-order valence-electron chi connectivity index (χ1n) is 5.94. The summed E-state index contributed by atoms with van der Waals surface area (Å²) in [4.78, 5) is 23.3. The lowest BCUT2D eigenvalue weighted by atomic mass is 10.0. The van der Waals surface area contributed by atoms with E-state index in [1.54, 1.807) is 26.8 Å². The SMILES string of the molecule is CCc1cc(C(=O)OC(C)(C)C)c(C(=O)O)cc1Br. The number of carbonyl (C=O) groups excluding carboxylic acids is 1. The molecule has 4 nitrogen and oxygen atoms in total. The van der Waals surface area contributed by atoms with E-state index in [0.717, 1.165) is 5.56 Å². The molecule has 0 heterocycles. The van der Waals surface area contributed by atoms with E-state index in [4.69, 9.17) is 4.74 Å². The van der Waals surface area contributed by atoms with E-state index in [0.29, 0.717) is 10.9 Å². The first-order valence-corrected chi connectivity index (χ1v) is 6.74. The van der Waals surface area contributed by atoms with Crippen LogP contribution in [-0.4, -0.2) is 22.6 Å². The fourth-order valence-corrected chi connectivity index (χ4v) is 2.19. The molecule has 1 aromatic carbocycles. The van der Waals surface area contributed by atoms with Crippen LogP contribution in [-0.2, 0) is 11.2 Å². The molecule has 0 bridgehead atoms. The highest BCUT2D eigenvalue weighted by Gasteiger charge is 2.24. The van der Waals surface area contributed by atoms with Crippen LogP contribution < -0.4 is 0 Å². The standard InChI is InChI=1S/C14H17BrO4/c1-5-8-6-10(13(18)19-14(2,3)4)9(12(16)17)7-11(8)15/h6-7H,5H2,1-4H3,(H,16,17). The number of aromatic carboxylic acids is 1. The van der Waals surface area contributed by atoms with Crippen LogP contribution in [0, 0.1) is 0 Å². The number of hydrogen-bond acceptors (Lipinski definition) is 3. The molecule has 5 heteroatoms. The van der Waals surface area contributed by atoms with Gasteiger partial charge in [-0.2, -0.15) is 0 Å². The Balaban J connectivity index is 3.31. The fourth-order valence-electron chi connectivity index (χ4n) is 1.57. The van der Waals surface area contributed by atoms with Crippen molar-refractivity contribution in [3.63, 3.8) is 0 Å². The van der Waals surface area contributed by atoms with E-state index in [-0.39, 0.29) is 11.1 Å². The third-order valence-electron chi connectivity index (χ3n) is 2.42. The van der Waals surface area contributed by atoms with Crippen molar-refractivity contribution in [2.75, 3.05) is 0 Å². The molecule has 0 aliphatic carbocycles. The van der Waals surface area contributed by atoms with E-state index in [2.05, 4.69) is 15.9 Å². The number of ether oxygens (including phenoxy) is 1. The minimum atomic E-state index is -1.15. The number of aryl methyl sites for hydroxylation is 1. The van der Waals surface area contributed by atoms with Gasteiger partial charge in [-0.3, -0.25) is 0 Å². The van der Waals surface area contributed by atoms with Gasteiger partial charge in [-0.05, 0) is 44.9 Å². The van der Waals surface area contributed by atoms with Gasteiger partial charge in [0.1, 0.15) is 5.60 Å². The van der Waals surface area contributed by atoms with Crippen molar-refractivity contribution in [2.45, 2.75) is 39.7 Å². The van der Waals surface area contributed by atoms with Gasteiger partial charge in [-0.25, -0.2) is 9.59 Å². The average molecular weight is 329 g/mol. The molecule has 1 N–H and O–H groups in total. The van der Waals surface area contributed by atoms with Crippen LogP contribution in [0.3, 0.4) is 0 Å². The molecule has 0 saturated heterocycles. The number of esters is 1. The molecule has 0 aliphatic rings. The van der Waals surface area contributed by atoms with E-state index >= 15 is 0 Å². The number of carbonyl (C=O) groups is 2. The lowest BCUT2D eigenvalue weighted by molar-refractivity contribution is 0.00657. The van der Waals surface area contributed by atoms with Crippen molar-refractivity contribution in [1.82, 2.24) is 0 Å². The summed E-state index contributed by atoms with van der Waals surface area (Å²) in [7, 11) is 0. The lowest BCUT2D eigenvalue weighted by Gasteiger charge is -2.20. The maximum atomic E-state index is 12.1. The summed E-state index contributed by atoms with van der Waals surface area (Å²) in [6, 6.07) is 3.02. The molecule has 0 fully saturated rings. The van der Waals surface area contributed by atoms with Crippen molar-refractivity contribution < 1.29 is 19.4 Å². The second-order valence-electron chi connectivity index (χ2n) is 5.15. The van der Waals surface area contributed by atoms with Crippen molar-refractivity contribution >= 4 is 27.9 Å². The minimum absolute atomic E-state index is 0.0571. The Hall–Kier alpha value is -1.36. The van der Waals surface area contributed by atoms with Crippen LogP contribution in [0.1, 0.15) is 54.0 Å². The van der Waals surface area contributed by atoms with Gasteiger partial charge in [0, 0.05) is 4.47 Å². The van der Waals surface area contributed by atoms with Gasteiger partial charge in [0.15, 0.2) is 0 Å². The van der Waals surface area contributed by atoms with Crippen molar-refractivity contribution in [1.29, 1.82) is 0 Å². The van der Waals surface area contributed by atoms with Crippen LogP contribution in [0.15, 0.2) is 16.6 Å². The minimum Gasteiger partial charge on any atom is -0.478 e. The summed E-state index contributed by atoms with van der Waals surface area (Å²) < 4.78 is 5.92. The van der Waals surface area contributed by atoms with Gasteiger partial charge in [-0.15, -0.1) is 0 Å². The molecule has 0 unspecified atom stereocenters.